The highest BCUT2D eigenvalue weighted by atomic mass is 16.5. The van der Waals surface area contributed by atoms with Gasteiger partial charge in [0.25, 0.3) is 0 Å². The van der Waals surface area contributed by atoms with E-state index in [-0.39, 0.29) is 18.3 Å². The van der Waals surface area contributed by atoms with Gasteiger partial charge in [0.2, 0.25) is 5.91 Å². The van der Waals surface area contributed by atoms with Gasteiger partial charge in [0.1, 0.15) is 0 Å². The van der Waals surface area contributed by atoms with Crippen molar-refractivity contribution >= 4 is 23.3 Å². The van der Waals surface area contributed by atoms with E-state index in [0.29, 0.717) is 6.54 Å². The number of hydrogen-bond acceptors (Lipinski definition) is 4. The first-order chi connectivity index (χ1) is 8.20. The van der Waals surface area contributed by atoms with Crippen molar-refractivity contribution in [2.75, 3.05) is 24.3 Å². The standard InChI is InChI=1S/C12H14N2O3/c1-17-11(15)6-8-7-13-9-4-2-3-5-10(9)14-12(8)16/h2-5,8,13H,6-7H2,1H3,(H,14,16)/t8-/m0/s1. The highest BCUT2D eigenvalue weighted by Gasteiger charge is 2.25. The summed E-state index contributed by atoms with van der Waals surface area (Å²) in [6.07, 6.45) is 0.0866. The highest BCUT2D eigenvalue weighted by molar-refractivity contribution is 5.98. The van der Waals surface area contributed by atoms with Crippen LogP contribution in [0.4, 0.5) is 11.4 Å². The lowest BCUT2D eigenvalue weighted by Crippen LogP contribution is -2.28. The normalized spacial score (nSPS) is 18.4. The largest absolute Gasteiger partial charge is 0.469 e. The van der Waals surface area contributed by atoms with Gasteiger partial charge >= 0.3 is 5.97 Å². The third kappa shape index (κ3) is 2.55. The second-order valence-electron chi connectivity index (χ2n) is 3.89. The van der Waals surface area contributed by atoms with E-state index in [2.05, 4.69) is 15.4 Å². The number of amides is 1. The van der Waals surface area contributed by atoms with Gasteiger partial charge in [-0.1, -0.05) is 12.1 Å². The minimum absolute atomic E-state index is 0.0866. The van der Waals surface area contributed by atoms with E-state index in [4.69, 9.17) is 0 Å². The summed E-state index contributed by atoms with van der Waals surface area (Å²) < 4.78 is 4.57. The van der Waals surface area contributed by atoms with E-state index in [1.165, 1.54) is 7.11 Å². The summed E-state index contributed by atoms with van der Waals surface area (Å²) in [5, 5.41) is 5.94. The maximum Gasteiger partial charge on any atom is 0.306 e. The fraction of sp³-hybridized carbons (Fsp3) is 0.333. The SMILES string of the molecule is COC(=O)C[C@H]1CNc2ccccc2NC1=O. The Bertz CT molecular complexity index is 445. The molecule has 90 valence electrons. The zero-order chi connectivity index (χ0) is 12.3. The van der Waals surface area contributed by atoms with Crippen LogP contribution in [0.25, 0.3) is 0 Å². The lowest BCUT2D eigenvalue weighted by molar-refractivity contribution is -0.143. The molecule has 17 heavy (non-hydrogen) atoms. The van der Waals surface area contributed by atoms with Crippen molar-refractivity contribution < 1.29 is 14.3 Å². The number of hydrogen-bond donors (Lipinski definition) is 2. The lowest BCUT2D eigenvalue weighted by atomic mass is 10.1. The molecule has 0 aromatic heterocycles. The second kappa shape index (κ2) is 4.86. The number of esters is 1. The topological polar surface area (TPSA) is 67.4 Å². The Morgan fingerprint density at radius 2 is 2.12 bits per heavy atom. The van der Waals surface area contributed by atoms with Crippen LogP contribution >= 0.6 is 0 Å². The Morgan fingerprint density at radius 1 is 1.41 bits per heavy atom. The smallest absolute Gasteiger partial charge is 0.306 e. The first-order valence-corrected chi connectivity index (χ1v) is 5.41. The monoisotopic (exact) mass is 234 g/mol. The van der Waals surface area contributed by atoms with Crippen molar-refractivity contribution in [2.45, 2.75) is 6.42 Å². The van der Waals surface area contributed by atoms with E-state index < -0.39 is 5.92 Å². The molecule has 0 saturated carbocycles. The maximum absolute atomic E-state index is 11.9. The average Bonchev–Trinajstić information content (AvgIpc) is 2.49. The third-order valence-electron chi connectivity index (χ3n) is 2.74. The number of methoxy groups -OCH3 is 1. The minimum Gasteiger partial charge on any atom is -0.469 e. The molecule has 1 amide bonds. The van der Waals surface area contributed by atoms with Crippen molar-refractivity contribution in [1.29, 1.82) is 0 Å². The fourth-order valence-corrected chi connectivity index (χ4v) is 1.76. The average molecular weight is 234 g/mol. The van der Waals surface area contributed by atoms with Crippen LogP contribution < -0.4 is 10.6 Å². The van der Waals surface area contributed by atoms with Gasteiger partial charge in [-0.05, 0) is 12.1 Å². The van der Waals surface area contributed by atoms with Gasteiger partial charge in [0, 0.05) is 6.54 Å². The molecule has 5 nitrogen and oxygen atoms in total. The van der Waals surface area contributed by atoms with Crippen LogP contribution in [0.1, 0.15) is 6.42 Å². The van der Waals surface area contributed by atoms with Crippen molar-refractivity contribution in [3.8, 4) is 0 Å². The number of rotatable bonds is 2. The van der Waals surface area contributed by atoms with Crippen LogP contribution in [0, 0.1) is 5.92 Å². The Morgan fingerprint density at radius 3 is 2.82 bits per heavy atom. The highest BCUT2D eigenvalue weighted by Crippen LogP contribution is 2.25. The molecule has 0 radical (unpaired) electrons. The number of carbonyl (C=O) groups excluding carboxylic acids is 2. The quantitative estimate of drug-likeness (QED) is 0.755. The number of carbonyl (C=O) groups is 2. The van der Waals surface area contributed by atoms with Crippen molar-refractivity contribution in [3.63, 3.8) is 0 Å². The molecule has 1 atom stereocenters. The molecule has 1 heterocycles. The second-order valence-corrected chi connectivity index (χ2v) is 3.89. The summed E-state index contributed by atoms with van der Waals surface area (Å²) in [4.78, 5) is 23.1. The molecule has 0 bridgehead atoms. The Hall–Kier alpha value is -2.04. The molecule has 2 N–H and O–H groups in total. The van der Waals surface area contributed by atoms with Gasteiger partial charge in [-0.3, -0.25) is 9.59 Å². The zero-order valence-electron chi connectivity index (χ0n) is 9.53. The summed E-state index contributed by atoms with van der Waals surface area (Å²) in [6, 6.07) is 7.44. The van der Waals surface area contributed by atoms with Gasteiger partial charge in [0.15, 0.2) is 0 Å². The lowest BCUT2D eigenvalue weighted by Gasteiger charge is -2.11. The van der Waals surface area contributed by atoms with Gasteiger partial charge in [0.05, 0.1) is 30.8 Å². The number of fused-ring (bicyclic) bond motifs is 1. The van der Waals surface area contributed by atoms with Crippen molar-refractivity contribution in [1.82, 2.24) is 0 Å². The number of para-hydroxylation sites is 2. The van der Waals surface area contributed by atoms with Crippen LogP contribution in [-0.4, -0.2) is 25.5 Å². The Kier molecular flexibility index (Phi) is 3.27. The summed E-state index contributed by atoms with van der Waals surface area (Å²) in [5.41, 5.74) is 1.61. The summed E-state index contributed by atoms with van der Waals surface area (Å²) in [5.74, 6) is -0.944. The van der Waals surface area contributed by atoms with E-state index in [1.807, 2.05) is 24.3 Å². The van der Waals surface area contributed by atoms with Crippen LogP contribution in [0.3, 0.4) is 0 Å². The summed E-state index contributed by atoms with van der Waals surface area (Å²) in [7, 11) is 1.32. The number of ether oxygens (including phenoxy) is 1. The van der Waals surface area contributed by atoms with E-state index in [0.717, 1.165) is 11.4 Å². The summed E-state index contributed by atoms with van der Waals surface area (Å²) >= 11 is 0. The molecule has 0 unspecified atom stereocenters. The van der Waals surface area contributed by atoms with Gasteiger partial charge in [-0.15, -0.1) is 0 Å². The van der Waals surface area contributed by atoms with Crippen LogP contribution in [0.15, 0.2) is 24.3 Å². The van der Waals surface area contributed by atoms with Crippen LogP contribution in [0.2, 0.25) is 0 Å². The van der Waals surface area contributed by atoms with Gasteiger partial charge in [-0.2, -0.15) is 0 Å². The molecule has 0 spiro atoms. The van der Waals surface area contributed by atoms with E-state index in [1.54, 1.807) is 0 Å². The van der Waals surface area contributed by atoms with Crippen LogP contribution in [-0.2, 0) is 14.3 Å². The first-order valence-electron chi connectivity index (χ1n) is 5.41. The molecule has 5 heteroatoms. The van der Waals surface area contributed by atoms with Gasteiger partial charge in [-0.25, -0.2) is 0 Å². The molecule has 0 fully saturated rings. The molecular weight excluding hydrogens is 220 g/mol. The van der Waals surface area contributed by atoms with Crippen molar-refractivity contribution in [2.24, 2.45) is 5.92 Å². The number of benzene rings is 1. The molecule has 1 aliphatic rings. The Labute approximate surface area is 99.2 Å². The van der Waals surface area contributed by atoms with E-state index >= 15 is 0 Å². The van der Waals surface area contributed by atoms with E-state index in [9.17, 15) is 9.59 Å². The first kappa shape index (κ1) is 11.4. The minimum atomic E-state index is -0.408. The zero-order valence-corrected chi connectivity index (χ0v) is 9.53. The molecule has 2 rings (SSSR count). The number of nitrogens with one attached hydrogen (secondary N) is 2. The molecular formula is C12H14N2O3. The van der Waals surface area contributed by atoms with Crippen molar-refractivity contribution in [3.05, 3.63) is 24.3 Å². The maximum atomic E-state index is 11.9. The predicted molar refractivity (Wildman–Crippen MR) is 63.7 cm³/mol. The molecule has 1 aromatic rings. The predicted octanol–water partition coefficient (Wildman–Crippen LogP) is 1.23. The molecule has 1 aliphatic heterocycles. The summed E-state index contributed by atoms with van der Waals surface area (Å²) in [6.45, 7) is 0.429. The van der Waals surface area contributed by atoms with Crippen LogP contribution in [0.5, 0.6) is 0 Å². The molecule has 1 aromatic carbocycles. The third-order valence-corrected chi connectivity index (χ3v) is 2.74. The Balaban J connectivity index is 2.12. The number of anilines is 2. The fourth-order valence-electron chi connectivity index (χ4n) is 1.76. The van der Waals surface area contributed by atoms with Gasteiger partial charge < -0.3 is 15.4 Å². The molecule has 0 saturated heterocycles. The molecule has 0 aliphatic carbocycles.